The molecule has 0 saturated heterocycles. The number of hydrogen-bond acceptors (Lipinski definition) is 4. The number of rotatable bonds is 8. The molecule has 0 bridgehead atoms. The third kappa shape index (κ3) is 7.43. The zero-order valence-corrected chi connectivity index (χ0v) is 19.1. The van der Waals surface area contributed by atoms with E-state index in [1.54, 1.807) is 4.90 Å². The molecule has 168 valence electrons. The van der Waals surface area contributed by atoms with Gasteiger partial charge in [-0.25, -0.2) is 4.79 Å². The number of carbonyl (C=O) groups is 1. The minimum Gasteiger partial charge on any atom is -0.457 e. The zero-order valence-electron chi connectivity index (χ0n) is 19.1. The van der Waals surface area contributed by atoms with Gasteiger partial charge in [-0.1, -0.05) is 54.6 Å². The number of carbonyl (C=O) groups excluding carboxylic acids is 1. The second-order valence-electron chi connectivity index (χ2n) is 8.73. The zero-order chi connectivity index (χ0) is 23.0. The summed E-state index contributed by atoms with van der Waals surface area (Å²) in [4.78, 5) is 14.5. The van der Waals surface area contributed by atoms with Crippen LogP contribution < -0.4 is 10.5 Å². The van der Waals surface area contributed by atoms with E-state index in [4.69, 9.17) is 15.2 Å². The van der Waals surface area contributed by atoms with Gasteiger partial charge in [0.15, 0.2) is 0 Å². The molecule has 0 aliphatic heterocycles. The molecule has 5 heteroatoms. The summed E-state index contributed by atoms with van der Waals surface area (Å²) in [6.07, 6.45) is 0.416. The Morgan fingerprint density at radius 2 is 1.38 bits per heavy atom. The molecule has 3 aromatic carbocycles. The lowest BCUT2D eigenvalue weighted by Crippen LogP contribution is -2.37. The highest BCUT2D eigenvalue weighted by Gasteiger charge is 2.22. The molecule has 0 fully saturated rings. The van der Waals surface area contributed by atoms with E-state index < -0.39 is 5.60 Å². The maximum absolute atomic E-state index is 12.8. The summed E-state index contributed by atoms with van der Waals surface area (Å²) in [6, 6.07) is 25.7. The quantitative estimate of drug-likeness (QED) is 0.480. The molecule has 0 saturated carbocycles. The van der Waals surface area contributed by atoms with E-state index in [1.165, 1.54) is 0 Å². The second-order valence-corrected chi connectivity index (χ2v) is 8.73. The molecule has 0 spiro atoms. The van der Waals surface area contributed by atoms with Gasteiger partial charge in [-0.05, 0) is 68.1 Å². The predicted octanol–water partition coefficient (Wildman–Crippen LogP) is 5.92. The van der Waals surface area contributed by atoms with Crippen molar-refractivity contribution in [2.75, 3.05) is 6.54 Å². The molecule has 5 nitrogen and oxygen atoms in total. The monoisotopic (exact) mass is 432 g/mol. The molecular formula is C27H32N2O3. The molecule has 0 aliphatic carbocycles. The Bertz CT molecular complexity index is 978. The standard InChI is InChI=1S/C27H32N2O3/c1-27(2,3)32-26(30)29(20-23-7-5-4-6-8-23)18-17-21-9-13-24(14-10-21)31-25-15-11-22(19-28)12-16-25/h4-16H,17-20,28H2,1-3H3. The Hall–Kier alpha value is -3.31. The number of hydrogen-bond donors (Lipinski definition) is 1. The first-order chi connectivity index (χ1) is 15.3. The third-order valence-corrected chi connectivity index (χ3v) is 4.86. The first kappa shape index (κ1) is 23.4. The van der Waals surface area contributed by atoms with Crippen LogP contribution >= 0.6 is 0 Å². The van der Waals surface area contributed by atoms with Crippen LogP contribution in [0, 0.1) is 0 Å². The van der Waals surface area contributed by atoms with Gasteiger partial charge in [0.25, 0.3) is 0 Å². The first-order valence-corrected chi connectivity index (χ1v) is 10.9. The van der Waals surface area contributed by atoms with Crippen LogP contribution in [0.15, 0.2) is 78.9 Å². The van der Waals surface area contributed by atoms with Crippen molar-refractivity contribution >= 4 is 6.09 Å². The van der Waals surface area contributed by atoms with Gasteiger partial charge in [0.1, 0.15) is 17.1 Å². The fraction of sp³-hybridized carbons (Fsp3) is 0.296. The summed E-state index contributed by atoms with van der Waals surface area (Å²) in [5.74, 6) is 1.54. The molecule has 0 heterocycles. The summed E-state index contributed by atoms with van der Waals surface area (Å²) in [7, 11) is 0. The molecule has 3 rings (SSSR count). The van der Waals surface area contributed by atoms with Gasteiger partial charge in [-0.2, -0.15) is 0 Å². The van der Waals surface area contributed by atoms with E-state index in [-0.39, 0.29) is 6.09 Å². The van der Waals surface area contributed by atoms with Crippen molar-refractivity contribution in [3.63, 3.8) is 0 Å². The van der Waals surface area contributed by atoms with Gasteiger partial charge in [-0.15, -0.1) is 0 Å². The van der Waals surface area contributed by atoms with Crippen LogP contribution in [0.4, 0.5) is 4.79 Å². The highest BCUT2D eigenvalue weighted by Crippen LogP contribution is 2.22. The van der Waals surface area contributed by atoms with Crippen molar-refractivity contribution in [1.29, 1.82) is 0 Å². The number of nitrogens with zero attached hydrogens (tertiary/aromatic N) is 1. The summed E-state index contributed by atoms with van der Waals surface area (Å²) in [6.45, 7) is 7.23. The van der Waals surface area contributed by atoms with Crippen molar-refractivity contribution in [3.05, 3.63) is 95.6 Å². The Morgan fingerprint density at radius 1 is 0.812 bits per heavy atom. The van der Waals surface area contributed by atoms with Crippen LogP contribution in [0.3, 0.4) is 0 Å². The van der Waals surface area contributed by atoms with Crippen molar-refractivity contribution in [2.24, 2.45) is 5.73 Å². The van der Waals surface area contributed by atoms with E-state index in [0.29, 0.717) is 19.6 Å². The van der Waals surface area contributed by atoms with Gasteiger partial charge in [0.05, 0.1) is 0 Å². The van der Waals surface area contributed by atoms with Crippen LogP contribution in [0.5, 0.6) is 11.5 Å². The van der Waals surface area contributed by atoms with Crippen molar-refractivity contribution in [3.8, 4) is 11.5 Å². The average Bonchev–Trinajstić information content (AvgIpc) is 2.77. The Labute approximate surface area is 190 Å². The third-order valence-electron chi connectivity index (χ3n) is 4.86. The summed E-state index contributed by atoms with van der Waals surface area (Å²) >= 11 is 0. The summed E-state index contributed by atoms with van der Waals surface area (Å²) in [5, 5.41) is 0. The Kier molecular flexibility index (Phi) is 7.90. The molecular weight excluding hydrogens is 400 g/mol. The van der Waals surface area contributed by atoms with Crippen molar-refractivity contribution in [1.82, 2.24) is 4.90 Å². The maximum Gasteiger partial charge on any atom is 0.410 e. The van der Waals surface area contributed by atoms with E-state index in [0.717, 1.165) is 34.6 Å². The average molecular weight is 433 g/mol. The second kappa shape index (κ2) is 10.8. The van der Waals surface area contributed by atoms with Crippen molar-refractivity contribution < 1.29 is 14.3 Å². The van der Waals surface area contributed by atoms with E-state index >= 15 is 0 Å². The normalized spacial score (nSPS) is 11.1. The fourth-order valence-electron chi connectivity index (χ4n) is 3.18. The summed E-state index contributed by atoms with van der Waals surface area (Å²) < 4.78 is 11.5. The SMILES string of the molecule is CC(C)(C)OC(=O)N(CCc1ccc(Oc2ccc(CN)cc2)cc1)Cc1ccccc1. The van der Waals surface area contributed by atoms with Gasteiger partial charge < -0.3 is 20.1 Å². The smallest absolute Gasteiger partial charge is 0.410 e. The first-order valence-electron chi connectivity index (χ1n) is 10.9. The summed E-state index contributed by atoms with van der Waals surface area (Å²) in [5.41, 5.74) is 8.36. The molecule has 0 aliphatic rings. The number of ether oxygens (including phenoxy) is 2. The lowest BCUT2D eigenvalue weighted by molar-refractivity contribution is 0.0236. The lowest BCUT2D eigenvalue weighted by atomic mass is 10.1. The van der Waals surface area contributed by atoms with Gasteiger partial charge >= 0.3 is 6.09 Å². The van der Waals surface area contributed by atoms with Crippen LogP contribution in [0.2, 0.25) is 0 Å². The number of benzene rings is 3. The van der Waals surface area contributed by atoms with Crippen molar-refractivity contribution in [2.45, 2.75) is 45.9 Å². The topological polar surface area (TPSA) is 64.8 Å². The molecule has 3 aromatic rings. The molecule has 0 aromatic heterocycles. The molecule has 0 unspecified atom stereocenters. The number of nitrogens with two attached hydrogens (primary N) is 1. The largest absolute Gasteiger partial charge is 0.457 e. The van der Waals surface area contributed by atoms with Gasteiger partial charge in [-0.3, -0.25) is 0 Å². The molecule has 2 N–H and O–H groups in total. The highest BCUT2D eigenvalue weighted by atomic mass is 16.6. The van der Waals surface area contributed by atoms with Crippen LogP contribution in [0.25, 0.3) is 0 Å². The predicted molar refractivity (Wildman–Crippen MR) is 128 cm³/mol. The van der Waals surface area contributed by atoms with Crippen LogP contribution in [-0.2, 0) is 24.2 Å². The Morgan fingerprint density at radius 3 is 1.91 bits per heavy atom. The number of amides is 1. The van der Waals surface area contributed by atoms with Gasteiger partial charge in [0, 0.05) is 19.6 Å². The van der Waals surface area contributed by atoms with E-state index in [9.17, 15) is 4.79 Å². The molecule has 1 amide bonds. The Balaban J connectivity index is 1.62. The molecule has 32 heavy (non-hydrogen) atoms. The highest BCUT2D eigenvalue weighted by molar-refractivity contribution is 5.68. The van der Waals surface area contributed by atoms with Crippen LogP contribution in [0.1, 0.15) is 37.5 Å². The van der Waals surface area contributed by atoms with E-state index in [2.05, 4.69) is 0 Å². The maximum atomic E-state index is 12.8. The van der Waals surface area contributed by atoms with Gasteiger partial charge in [0.2, 0.25) is 0 Å². The van der Waals surface area contributed by atoms with Crippen LogP contribution in [-0.4, -0.2) is 23.1 Å². The minimum atomic E-state index is -0.534. The molecule has 0 atom stereocenters. The molecule has 0 radical (unpaired) electrons. The van der Waals surface area contributed by atoms with E-state index in [1.807, 2.05) is 99.6 Å². The minimum absolute atomic E-state index is 0.303. The lowest BCUT2D eigenvalue weighted by Gasteiger charge is -2.27. The fourth-order valence-corrected chi connectivity index (χ4v) is 3.18.